The molecule has 444 valence electrons. The quantitative estimate of drug-likeness (QED) is 0.0926. The predicted octanol–water partition coefficient (Wildman–Crippen LogP) is 9.71. The Morgan fingerprint density at radius 1 is 0.894 bits per heavy atom. The standard InChI is InChI=1S/C65H76N12O7S/c1-36(2)54(62(80)76-22-8-12-51(76)61(79)68-39(5)41-13-15-42(16-14-41)59-40(6)67-35-85-59)52-28-53(72-84-52)73-24-25-75(37(3)30-73)64(81)82-33-46-19-21-65(20-9-23-77(46)65)34-83-63-70-58-50(60(71-63)74-31-44-17-18-45(32-74)69-44)29-66-57-49-27-47(78)26-43-10-7-11-48(56(43)49)38(4)55(57)58/h7,10-11,13-16,26-29,35-39,44-46,51,54,69,78H,8-9,12,17-25,30-34H2,1-6H3,(H,68,79)/t37-,38?,39-,44?,45?,46-,51-,54?,65?/m0/s1. The Bertz CT molecular complexity index is 3710. The smallest absolute Gasteiger partial charge is 0.410 e. The van der Waals surface area contributed by atoms with Gasteiger partial charge in [0.1, 0.15) is 36.7 Å². The Kier molecular flexibility index (Phi) is 14.4. The molecule has 6 saturated heterocycles. The van der Waals surface area contributed by atoms with Gasteiger partial charge in [-0.3, -0.25) is 19.5 Å². The van der Waals surface area contributed by atoms with E-state index in [0.29, 0.717) is 68.9 Å². The minimum atomic E-state index is -0.627. The lowest BCUT2D eigenvalue weighted by Gasteiger charge is -2.39. The largest absolute Gasteiger partial charge is 0.508 e. The minimum absolute atomic E-state index is 0.0117. The van der Waals surface area contributed by atoms with E-state index in [0.717, 1.165) is 131 Å². The van der Waals surface area contributed by atoms with Crippen molar-refractivity contribution >= 4 is 62.6 Å². The van der Waals surface area contributed by atoms with Crippen LogP contribution in [0.1, 0.15) is 132 Å². The van der Waals surface area contributed by atoms with E-state index >= 15 is 0 Å². The van der Waals surface area contributed by atoms with Crippen LogP contribution in [0.3, 0.4) is 0 Å². The molecule has 6 aliphatic heterocycles. The topological polar surface area (TPSA) is 208 Å². The summed E-state index contributed by atoms with van der Waals surface area (Å²) in [5.41, 5.74) is 9.47. The number of phenols is 1. The third-order valence-corrected chi connectivity index (χ3v) is 20.8. The number of fused-ring (bicyclic) bond motifs is 7. The van der Waals surface area contributed by atoms with Gasteiger partial charge >= 0.3 is 12.1 Å². The van der Waals surface area contributed by atoms with E-state index in [-0.39, 0.29) is 65.8 Å². The molecule has 14 rings (SSSR count). The van der Waals surface area contributed by atoms with Gasteiger partial charge < -0.3 is 49.3 Å². The fourth-order valence-electron chi connectivity index (χ4n) is 15.5. The number of piperazine rings is 2. The van der Waals surface area contributed by atoms with Gasteiger partial charge in [0.2, 0.25) is 11.8 Å². The lowest BCUT2D eigenvalue weighted by Crippen LogP contribution is -2.55. The number of anilines is 2. The zero-order valence-corrected chi connectivity index (χ0v) is 50.2. The summed E-state index contributed by atoms with van der Waals surface area (Å²) in [4.78, 5) is 74.1. The molecule has 20 heteroatoms. The van der Waals surface area contributed by atoms with E-state index in [9.17, 15) is 19.5 Å². The van der Waals surface area contributed by atoms with Gasteiger partial charge in [-0.05, 0) is 124 Å². The number of likely N-dealkylation sites (tertiary alicyclic amines) is 1. The maximum atomic E-state index is 14.5. The second-order valence-corrected chi connectivity index (χ2v) is 26.4. The molecule has 0 radical (unpaired) electrons. The minimum Gasteiger partial charge on any atom is -0.508 e. The molecule has 9 atom stereocenters. The molecule has 10 heterocycles. The summed E-state index contributed by atoms with van der Waals surface area (Å²) in [5.74, 6) is 1.09. The molecule has 19 nitrogen and oxygen atoms in total. The van der Waals surface area contributed by atoms with Crippen LogP contribution in [0, 0.1) is 12.8 Å². The third-order valence-electron chi connectivity index (χ3n) is 19.9. The van der Waals surface area contributed by atoms with Gasteiger partial charge in [0, 0.05) is 92.7 Å². The van der Waals surface area contributed by atoms with Gasteiger partial charge in [-0.25, -0.2) is 9.78 Å². The number of carbonyl (C=O) groups excluding carboxylic acids is 3. The van der Waals surface area contributed by atoms with E-state index < -0.39 is 12.0 Å². The zero-order valence-electron chi connectivity index (χ0n) is 49.4. The van der Waals surface area contributed by atoms with Crippen LogP contribution >= 0.6 is 11.3 Å². The van der Waals surface area contributed by atoms with Gasteiger partial charge in [-0.15, -0.1) is 11.3 Å². The molecule has 3 N–H and O–H groups in total. The van der Waals surface area contributed by atoms with Crippen molar-refractivity contribution in [1.29, 1.82) is 0 Å². The predicted molar refractivity (Wildman–Crippen MR) is 326 cm³/mol. The number of nitrogens with zero attached hydrogens (tertiary/aromatic N) is 10. The van der Waals surface area contributed by atoms with Crippen molar-refractivity contribution in [3.63, 3.8) is 0 Å². The van der Waals surface area contributed by atoms with Crippen LogP contribution in [-0.2, 0) is 14.3 Å². The molecule has 5 unspecified atom stereocenters. The first-order valence-electron chi connectivity index (χ1n) is 30.8. The molecule has 1 aliphatic carbocycles. The fourth-order valence-corrected chi connectivity index (χ4v) is 16.3. The number of aryl methyl sites for hydroxylation is 1. The SMILES string of the molecule is Cc1ncsc1-c1ccc([C@H](C)NC(=O)[C@@H]2CCCN2C(=O)C(c2cc(N3CCN(C(=O)OC[C@@H]4CCC5(COc6nc(N7CC8CCC(C7)N8)c7cnc8c(c7n6)C(C)c6cccc7cc(O)cc-8c67)CCCN45)[C@@H](C)C3)no2)C(C)C)cc1. The number of hydrogen-bond donors (Lipinski definition) is 3. The van der Waals surface area contributed by atoms with Crippen LogP contribution in [0.15, 0.2) is 76.9 Å². The molecule has 3 amide bonds. The Morgan fingerprint density at radius 2 is 1.72 bits per heavy atom. The monoisotopic (exact) mass is 1170 g/mol. The third kappa shape index (κ3) is 9.98. The number of carbonyl (C=O) groups is 3. The van der Waals surface area contributed by atoms with Gasteiger partial charge in [0.25, 0.3) is 0 Å². The van der Waals surface area contributed by atoms with Gasteiger partial charge in [-0.1, -0.05) is 68.4 Å². The lowest BCUT2D eigenvalue weighted by molar-refractivity contribution is -0.141. The molecule has 85 heavy (non-hydrogen) atoms. The Morgan fingerprint density at radius 3 is 2.49 bits per heavy atom. The molecular weight excluding hydrogens is 1090 g/mol. The van der Waals surface area contributed by atoms with E-state index in [1.807, 2.05) is 82.7 Å². The van der Waals surface area contributed by atoms with Crippen molar-refractivity contribution < 1.29 is 33.5 Å². The Balaban J connectivity index is 0.610. The summed E-state index contributed by atoms with van der Waals surface area (Å²) in [7, 11) is 0. The van der Waals surface area contributed by atoms with Crippen molar-refractivity contribution in [2.75, 3.05) is 68.8 Å². The number of pyridine rings is 1. The first-order chi connectivity index (χ1) is 41.2. The summed E-state index contributed by atoms with van der Waals surface area (Å²) >= 11 is 1.61. The molecule has 3 aromatic carbocycles. The average Bonchev–Trinajstić information content (AvgIpc) is 1.72. The highest BCUT2D eigenvalue weighted by Gasteiger charge is 2.51. The van der Waals surface area contributed by atoms with Gasteiger partial charge in [-0.2, -0.15) is 9.97 Å². The summed E-state index contributed by atoms with van der Waals surface area (Å²) in [6.07, 6.45) is 8.98. The van der Waals surface area contributed by atoms with E-state index in [2.05, 4.69) is 66.7 Å². The molecule has 0 saturated carbocycles. The number of amides is 3. The van der Waals surface area contributed by atoms with E-state index in [4.69, 9.17) is 28.9 Å². The number of nitrogens with one attached hydrogen (secondary N) is 2. The lowest BCUT2D eigenvalue weighted by atomic mass is 9.79. The number of aromatic nitrogens is 5. The van der Waals surface area contributed by atoms with Gasteiger partial charge in [0.15, 0.2) is 11.6 Å². The first-order valence-corrected chi connectivity index (χ1v) is 31.7. The molecule has 2 bridgehead atoms. The molecule has 6 fully saturated rings. The number of hydrogen-bond acceptors (Lipinski definition) is 17. The number of benzene rings is 3. The summed E-state index contributed by atoms with van der Waals surface area (Å²) < 4.78 is 19.1. The van der Waals surface area contributed by atoms with Gasteiger partial charge in [0.05, 0.1) is 44.3 Å². The Labute approximate surface area is 499 Å². The molecule has 7 aliphatic rings. The number of aromatic hydroxyl groups is 1. The molecule has 7 aromatic rings. The van der Waals surface area contributed by atoms with Crippen LogP contribution < -0.4 is 25.2 Å². The molecular formula is C65H76N12O7S. The maximum absolute atomic E-state index is 14.5. The highest BCUT2D eigenvalue weighted by atomic mass is 32.1. The average molecular weight is 1170 g/mol. The van der Waals surface area contributed by atoms with E-state index in [1.54, 1.807) is 21.1 Å². The van der Waals surface area contributed by atoms with Crippen LogP contribution in [-0.4, -0.2) is 158 Å². The number of rotatable bonds is 14. The normalized spacial score (nSPS) is 25.2. The summed E-state index contributed by atoms with van der Waals surface area (Å²) in [6, 6.07) is 20.2. The summed E-state index contributed by atoms with van der Waals surface area (Å²) in [5, 5.41) is 25.4. The van der Waals surface area contributed by atoms with Crippen LogP contribution in [0.2, 0.25) is 0 Å². The Hall–Kier alpha value is -7.42. The van der Waals surface area contributed by atoms with Crippen molar-refractivity contribution in [2.24, 2.45) is 5.92 Å². The number of ether oxygens (including phenoxy) is 2. The number of thiazole rings is 1. The zero-order chi connectivity index (χ0) is 58.4. The van der Waals surface area contributed by atoms with Crippen molar-refractivity contribution in [3.8, 4) is 33.5 Å². The number of phenolic OH excluding ortho intramolecular Hbond substituents is 1. The van der Waals surface area contributed by atoms with Crippen LogP contribution in [0.25, 0.3) is 43.4 Å². The van der Waals surface area contributed by atoms with Crippen LogP contribution in [0.4, 0.5) is 16.4 Å². The summed E-state index contributed by atoms with van der Waals surface area (Å²) in [6.45, 7) is 17.5. The molecule has 0 spiro atoms. The van der Waals surface area contributed by atoms with Crippen molar-refractivity contribution in [2.45, 2.75) is 147 Å². The highest BCUT2D eigenvalue weighted by Crippen LogP contribution is 2.49. The second-order valence-electron chi connectivity index (χ2n) is 25.5. The second kappa shape index (κ2) is 22.1. The first kappa shape index (κ1) is 55.5. The van der Waals surface area contributed by atoms with Crippen LogP contribution in [0.5, 0.6) is 11.8 Å². The fraction of sp³-hybridized carbons (Fsp3) is 0.508. The molecule has 4 aromatic heterocycles. The highest BCUT2D eigenvalue weighted by molar-refractivity contribution is 7.13. The maximum Gasteiger partial charge on any atom is 0.410 e. The van der Waals surface area contributed by atoms with Crippen molar-refractivity contribution in [3.05, 3.63) is 101 Å². The van der Waals surface area contributed by atoms with Crippen molar-refractivity contribution in [1.82, 2.24) is 50.4 Å². The van der Waals surface area contributed by atoms with E-state index in [1.165, 1.54) is 5.56 Å².